The molecule has 1 aliphatic heterocycles. The average molecular weight is 445 g/mol. The van der Waals surface area contributed by atoms with Crippen LogP contribution in [-0.2, 0) is 28.0 Å². The zero-order valence-corrected chi connectivity index (χ0v) is 18.3. The van der Waals surface area contributed by atoms with Crippen LogP contribution in [0.2, 0.25) is 0 Å². The van der Waals surface area contributed by atoms with Crippen LogP contribution in [0.15, 0.2) is 35.2 Å². The van der Waals surface area contributed by atoms with Crippen molar-refractivity contribution in [2.45, 2.75) is 67.9 Å². The quantitative estimate of drug-likeness (QED) is 0.669. The van der Waals surface area contributed by atoms with Crippen LogP contribution in [0.25, 0.3) is 0 Å². The molecule has 0 amide bonds. The third-order valence-electron chi connectivity index (χ3n) is 5.11. The minimum Gasteiger partial charge on any atom is -0.384 e. The molecule has 1 saturated heterocycles. The molecule has 3 rings (SSSR count). The van der Waals surface area contributed by atoms with Gasteiger partial charge in [0.15, 0.2) is 0 Å². The summed E-state index contributed by atoms with van der Waals surface area (Å²) in [6, 6.07) is 7.23. The SMILES string of the molecule is COCn1nc(C(C)(C)O)cc1C1CC(C)(Sc2cccc(C(F)(F)F)c2)CCO1. The van der Waals surface area contributed by atoms with Gasteiger partial charge in [-0.1, -0.05) is 6.07 Å². The lowest BCUT2D eigenvalue weighted by Gasteiger charge is -2.38. The molecule has 2 heterocycles. The van der Waals surface area contributed by atoms with Gasteiger partial charge in [-0.3, -0.25) is 0 Å². The number of thioether (sulfide) groups is 1. The number of halogens is 3. The molecule has 2 unspecified atom stereocenters. The van der Waals surface area contributed by atoms with E-state index >= 15 is 0 Å². The molecule has 0 radical (unpaired) electrons. The first-order chi connectivity index (χ1) is 13.9. The molecule has 1 aromatic carbocycles. The summed E-state index contributed by atoms with van der Waals surface area (Å²) >= 11 is 1.44. The van der Waals surface area contributed by atoms with E-state index in [-0.39, 0.29) is 17.6 Å². The Kier molecular flexibility index (Phi) is 6.57. The predicted octanol–water partition coefficient (Wildman–Crippen LogP) is 5.14. The number of alkyl halides is 3. The van der Waals surface area contributed by atoms with E-state index in [9.17, 15) is 18.3 Å². The standard InChI is InChI=1S/C21H27F3N2O3S/c1-19(2,27)18-11-16(26(25-18)13-28-4)17-12-20(3,8-9-29-17)30-15-7-5-6-14(10-15)21(22,23)24/h5-7,10-11,17,27H,8-9,12-13H2,1-4H3. The first kappa shape index (κ1) is 23.1. The second kappa shape index (κ2) is 8.53. The summed E-state index contributed by atoms with van der Waals surface area (Å²) in [6.45, 7) is 6.05. The van der Waals surface area contributed by atoms with Crippen LogP contribution < -0.4 is 0 Å². The summed E-state index contributed by atoms with van der Waals surface area (Å²) in [7, 11) is 1.56. The molecule has 9 heteroatoms. The number of hydrogen-bond donors (Lipinski definition) is 1. The van der Waals surface area contributed by atoms with E-state index in [1.165, 1.54) is 23.9 Å². The molecule has 166 valence electrons. The summed E-state index contributed by atoms with van der Waals surface area (Å²) in [5, 5.41) is 14.8. The molecule has 1 aliphatic rings. The highest BCUT2D eigenvalue weighted by Gasteiger charge is 2.38. The molecule has 2 atom stereocenters. The second-order valence-corrected chi connectivity index (χ2v) is 9.98. The van der Waals surface area contributed by atoms with Crippen LogP contribution in [0.3, 0.4) is 0 Å². The summed E-state index contributed by atoms with van der Waals surface area (Å²) < 4.78 is 51.8. The Morgan fingerprint density at radius 3 is 2.70 bits per heavy atom. The normalized spacial score (nSPS) is 23.0. The van der Waals surface area contributed by atoms with E-state index in [0.29, 0.717) is 30.0 Å². The van der Waals surface area contributed by atoms with Crippen molar-refractivity contribution in [3.05, 3.63) is 47.3 Å². The summed E-state index contributed by atoms with van der Waals surface area (Å²) in [5.74, 6) is 0. The van der Waals surface area contributed by atoms with E-state index < -0.39 is 17.3 Å². The highest BCUT2D eigenvalue weighted by Crippen LogP contribution is 2.47. The van der Waals surface area contributed by atoms with Crippen molar-refractivity contribution in [3.63, 3.8) is 0 Å². The molecule has 5 nitrogen and oxygen atoms in total. The fraction of sp³-hybridized carbons (Fsp3) is 0.571. The topological polar surface area (TPSA) is 56.5 Å². The Bertz CT molecular complexity index is 879. The Balaban J connectivity index is 1.84. The molecule has 0 spiro atoms. The Morgan fingerprint density at radius 2 is 2.07 bits per heavy atom. The monoisotopic (exact) mass is 444 g/mol. The van der Waals surface area contributed by atoms with E-state index in [2.05, 4.69) is 5.10 Å². The van der Waals surface area contributed by atoms with Crippen LogP contribution in [0, 0.1) is 0 Å². The fourth-order valence-corrected chi connectivity index (χ4v) is 4.81. The molecule has 2 aromatic rings. The molecule has 0 aliphatic carbocycles. The van der Waals surface area contributed by atoms with Crippen LogP contribution in [0.5, 0.6) is 0 Å². The lowest BCUT2D eigenvalue weighted by Crippen LogP contribution is -2.32. The van der Waals surface area contributed by atoms with Gasteiger partial charge in [0.1, 0.15) is 18.4 Å². The van der Waals surface area contributed by atoms with Gasteiger partial charge in [-0.05, 0) is 57.9 Å². The molecule has 0 saturated carbocycles. The zero-order valence-electron chi connectivity index (χ0n) is 17.5. The van der Waals surface area contributed by atoms with Crippen molar-refractivity contribution in [2.75, 3.05) is 13.7 Å². The number of nitrogens with zero attached hydrogens (tertiary/aromatic N) is 2. The number of benzene rings is 1. The number of hydrogen-bond acceptors (Lipinski definition) is 5. The van der Waals surface area contributed by atoms with E-state index in [0.717, 1.165) is 11.8 Å². The van der Waals surface area contributed by atoms with Gasteiger partial charge in [0.2, 0.25) is 0 Å². The van der Waals surface area contributed by atoms with Gasteiger partial charge < -0.3 is 14.6 Å². The van der Waals surface area contributed by atoms with E-state index in [1.807, 2.05) is 13.0 Å². The number of methoxy groups -OCH3 is 1. The molecule has 1 fully saturated rings. The van der Waals surface area contributed by atoms with Crippen molar-refractivity contribution in [2.24, 2.45) is 0 Å². The molecular formula is C21H27F3N2O3S. The van der Waals surface area contributed by atoms with Crippen LogP contribution >= 0.6 is 11.8 Å². The second-order valence-electron chi connectivity index (χ2n) is 8.32. The van der Waals surface area contributed by atoms with E-state index in [4.69, 9.17) is 9.47 Å². The minimum atomic E-state index is -4.37. The first-order valence-electron chi connectivity index (χ1n) is 9.69. The molecule has 0 bridgehead atoms. The summed E-state index contributed by atoms with van der Waals surface area (Å²) in [4.78, 5) is 0.579. The molecule has 1 aromatic heterocycles. The number of aromatic nitrogens is 2. The van der Waals surface area contributed by atoms with Gasteiger partial charge in [-0.25, -0.2) is 4.68 Å². The van der Waals surface area contributed by atoms with E-state index in [1.54, 1.807) is 31.7 Å². The van der Waals surface area contributed by atoms with Gasteiger partial charge in [-0.15, -0.1) is 11.8 Å². The number of aliphatic hydroxyl groups is 1. The number of ether oxygens (including phenoxy) is 2. The van der Waals surface area contributed by atoms with Gasteiger partial charge in [0.25, 0.3) is 0 Å². The highest BCUT2D eigenvalue weighted by atomic mass is 32.2. The fourth-order valence-electron chi connectivity index (χ4n) is 3.49. The third kappa shape index (κ3) is 5.38. The van der Waals surface area contributed by atoms with Gasteiger partial charge >= 0.3 is 6.18 Å². The molecule has 30 heavy (non-hydrogen) atoms. The molecule has 1 N–H and O–H groups in total. The van der Waals surface area contributed by atoms with Gasteiger partial charge in [0, 0.05) is 23.4 Å². The highest BCUT2D eigenvalue weighted by molar-refractivity contribution is 8.00. The van der Waals surface area contributed by atoms with Crippen molar-refractivity contribution in [1.29, 1.82) is 0 Å². The zero-order chi connectivity index (χ0) is 22.2. The van der Waals surface area contributed by atoms with Crippen LogP contribution in [-0.4, -0.2) is 33.4 Å². The van der Waals surface area contributed by atoms with Gasteiger partial charge in [-0.2, -0.15) is 18.3 Å². The number of rotatable bonds is 6. The van der Waals surface area contributed by atoms with Crippen LogP contribution in [0.1, 0.15) is 56.7 Å². The first-order valence-corrected chi connectivity index (χ1v) is 10.5. The summed E-state index contributed by atoms with van der Waals surface area (Å²) in [5.41, 5.74) is -0.466. The van der Waals surface area contributed by atoms with Crippen molar-refractivity contribution < 1.29 is 27.8 Å². The summed E-state index contributed by atoms with van der Waals surface area (Å²) in [6.07, 6.45) is -3.37. The Labute approximate surface area is 178 Å². The van der Waals surface area contributed by atoms with Crippen molar-refractivity contribution >= 4 is 11.8 Å². The minimum absolute atomic E-state index is 0.211. The predicted molar refractivity (Wildman–Crippen MR) is 108 cm³/mol. The lowest BCUT2D eigenvalue weighted by atomic mass is 9.94. The van der Waals surface area contributed by atoms with Crippen molar-refractivity contribution in [1.82, 2.24) is 9.78 Å². The van der Waals surface area contributed by atoms with Crippen molar-refractivity contribution in [3.8, 4) is 0 Å². The maximum absolute atomic E-state index is 13.1. The lowest BCUT2D eigenvalue weighted by molar-refractivity contribution is -0.137. The Morgan fingerprint density at radius 1 is 1.33 bits per heavy atom. The van der Waals surface area contributed by atoms with Crippen LogP contribution in [0.4, 0.5) is 13.2 Å². The smallest absolute Gasteiger partial charge is 0.384 e. The largest absolute Gasteiger partial charge is 0.416 e. The van der Waals surface area contributed by atoms with Gasteiger partial charge in [0.05, 0.1) is 17.0 Å². The molecular weight excluding hydrogens is 417 g/mol. The maximum Gasteiger partial charge on any atom is 0.416 e. The third-order valence-corrected chi connectivity index (χ3v) is 6.47. The Hall–Kier alpha value is -1.55. The average Bonchev–Trinajstić information content (AvgIpc) is 3.06. The maximum atomic E-state index is 13.1.